The van der Waals surface area contributed by atoms with Crippen LogP contribution in [0.3, 0.4) is 0 Å². The van der Waals surface area contributed by atoms with Gasteiger partial charge in [0.15, 0.2) is 5.78 Å². The molecule has 8 heteroatoms. The average Bonchev–Trinajstić information content (AvgIpc) is 2.77. The third-order valence-electron chi connectivity index (χ3n) is 4.47. The lowest BCUT2D eigenvalue weighted by molar-refractivity contribution is -0.384. The van der Waals surface area contributed by atoms with Crippen molar-refractivity contribution in [2.24, 2.45) is 0 Å². The van der Waals surface area contributed by atoms with E-state index in [0.717, 1.165) is 12.1 Å². The number of nitrogens with one attached hydrogen (secondary N) is 1. The minimum absolute atomic E-state index is 0.108. The van der Waals surface area contributed by atoms with Crippen LogP contribution in [0.1, 0.15) is 37.9 Å². The number of nitrogens with zero attached hydrogens (tertiary/aromatic N) is 1. The van der Waals surface area contributed by atoms with Crippen LogP contribution in [0.25, 0.3) is 0 Å². The first kappa shape index (κ1) is 20.8. The number of halogens is 1. The lowest BCUT2D eigenvalue weighted by Gasteiger charge is -2.14. The average molecular weight is 408 g/mol. The molecule has 0 spiro atoms. The first-order valence-electron chi connectivity index (χ1n) is 8.96. The Hall–Kier alpha value is -3.91. The largest absolute Gasteiger partial charge is 0.387 e. The normalized spacial score (nSPS) is 11.5. The van der Waals surface area contributed by atoms with Crippen LogP contribution in [0.4, 0.5) is 10.1 Å². The van der Waals surface area contributed by atoms with E-state index in [1.807, 2.05) is 0 Å². The van der Waals surface area contributed by atoms with Gasteiger partial charge in [-0.1, -0.05) is 18.2 Å². The molecule has 0 aliphatic rings. The van der Waals surface area contributed by atoms with E-state index in [9.17, 15) is 29.2 Å². The van der Waals surface area contributed by atoms with E-state index in [1.54, 1.807) is 12.1 Å². The van der Waals surface area contributed by atoms with E-state index < -0.39 is 28.5 Å². The van der Waals surface area contributed by atoms with Gasteiger partial charge in [-0.15, -0.1) is 0 Å². The van der Waals surface area contributed by atoms with Crippen LogP contribution in [0, 0.1) is 15.9 Å². The van der Waals surface area contributed by atoms with Crippen molar-refractivity contribution >= 4 is 17.4 Å². The highest BCUT2D eigenvalue weighted by Crippen LogP contribution is 2.18. The molecule has 152 valence electrons. The Morgan fingerprint density at radius 1 is 0.967 bits per heavy atom. The number of rotatable bonds is 7. The fraction of sp³-hybridized carbons (Fsp3) is 0.0909. The first-order chi connectivity index (χ1) is 14.4. The van der Waals surface area contributed by atoms with Crippen molar-refractivity contribution in [1.29, 1.82) is 0 Å². The van der Waals surface area contributed by atoms with Gasteiger partial charge in [0.2, 0.25) is 0 Å². The highest BCUT2D eigenvalue weighted by molar-refractivity contribution is 6.15. The van der Waals surface area contributed by atoms with Gasteiger partial charge in [0.05, 0.1) is 16.6 Å². The number of benzene rings is 3. The zero-order chi connectivity index (χ0) is 21.7. The second-order valence-corrected chi connectivity index (χ2v) is 6.46. The molecule has 0 fully saturated rings. The second kappa shape index (κ2) is 9.06. The maximum absolute atomic E-state index is 13.1. The van der Waals surface area contributed by atoms with Crippen molar-refractivity contribution < 1.29 is 24.0 Å². The maximum atomic E-state index is 13.1. The zero-order valence-corrected chi connectivity index (χ0v) is 15.6. The number of nitro benzene ring substituents is 1. The van der Waals surface area contributed by atoms with Crippen molar-refractivity contribution in [3.05, 3.63) is 111 Å². The summed E-state index contributed by atoms with van der Waals surface area (Å²) in [5.41, 5.74) is 0.788. The van der Waals surface area contributed by atoms with Gasteiger partial charge in [-0.25, -0.2) is 4.39 Å². The van der Waals surface area contributed by atoms with Crippen molar-refractivity contribution in [2.45, 2.75) is 6.10 Å². The van der Waals surface area contributed by atoms with Gasteiger partial charge in [0.1, 0.15) is 5.82 Å². The summed E-state index contributed by atoms with van der Waals surface area (Å²) in [7, 11) is 0. The fourth-order valence-electron chi connectivity index (χ4n) is 2.86. The number of carbonyl (C=O) groups is 2. The third kappa shape index (κ3) is 4.73. The maximum Gasteiger partial charge on any atom is 0.269 e. The van der Waals surface area contributed by atoms with Gasteiger partial charge < -0.3 is 10.4 Å². The van der Waals surface area contributed by atoms with Crippen molar-refractivity contribution in [3.8, 4) is 0 Å². The van der Waals surface area contributed by atoms with E-state index in [2.05, 4.69) is 5.32 Å². The molecule has 0 radical (unpaired) electrons. The molecule has 0 unspecified atom stereocenters. The van der Waals surface area contributed by atoms with Gasteiger partial charge in [0.25, 0.3) is 11.6 Å². The predicted molar refractivity (Wildman–Crippen MR) is 107 cm³/mol. The Morgan fingerprint density at radius 3 is 2.17 bits per heavy atom. The van der Waals surface area contributed by atoms with Crippen LogP contribution in [-0.2, 0) is 0 Å². The van der Waals surface area contributed by atoms with Gasteiger partial charge in [0, 0.05) is 29.8 Å². The molecule has 0 heterocycles. The van der Waals surface area contributed by atoms with E-state index in [1.165, 1.54) is 48.5 Å². The molecule has 3 aromatic carbocycles. The number of hydrogen-bond donors (Lipinski definition) is 2. The monoisotopic (exact) mass is 408 g/mol. The standard InChI is InChI=1S/C22H17FN2O5/c23-16-9-5-15(6-10-16)21(27)18-3-1-2-4-19(18)22(28)24-13-20(26)14-7-11-17(12-8-14)25(29)30/h1-12,20,26H,13H2,(H,24,28)/t20-/m1/s1. The second-order valence-electron chi connectivity index (χ2n) is 6.46. The first-order valence-corrected chi connectivity index (χ1v) is 8.96. The molecule has 30 heavy (non-hydrogen) atoms. The smallest absolute Gasteiger partial charge is 0.269 e. The summed E-state index contributed by atoms with van der Waals surface area (Å²) < 4.78 is 13.1. The molecule has 1 atom stereocenters. The van der Waals surface area contributed by atoms with Crippen LogP contribution in [0.2, 0.25) is 0 Å². The molecule has 7 nitrogen and oxygen atoms in total. The number of aliphatic hydroxyl groups is 1. The van der Waals surface area contributed by atoms with Crippen molar-refractivity contribution in [3.63, 3.8) is 0 Å². The molecule has 0 aliphatic heterocycles. The number of aliphatic hydroxyl groups excluding tert-OH is 1. The number of amides is 1. The van der Waals surface area contributed by atoms with E-state index in [-0.39, 0.29) is 28.9 Å². The molecule has 0 saturated carbocycles. The molecular weight excluding hydrogens is 391 g/mol. The van der Waals surface area contributed by atoms with Crippen molar-refractivity contribution in [1.82, 2.24) is 5.32 Å². The summed E-state index contributed by atoms with van der Waals surface area (Å²) in [6, 6.07) is 16.5. The molecule has 0 aromatic heterocycles. The van der Waals surface area contributed by atoms with Gasteiger partial charge in [-0.05, 0) is 48.0 Å². The van der Waals surface area contributed by atoms with Gasteiger partial charge >= 0.3 is 0 Å². The zero-order valence-electron chi connectivity index (χ0n) is 15.6. The highest BCUT2D eigenvalue weighted by Gasteiger charge is 2.19. The van der Waals surface area contributed by atoms with Crippen LogP contribution < -0.4 is 5.32 Å². The lowest BCUT2D eigenvalue weighted by Crippen LogP contribution is -2.29. The van der Waals surface area contributed by atoms with E-state index in [0.29, 0.717) is 5.56 Å². The Morgan fingerprint density at radius 2 is 1.57 bits per heavy atom. The number of hydrogen-bond acceptors (Lipinski definition) is 5. The summed E-state index contributed by atoms with van der Waals surface area (Å²) in [6.45, 7) is -0.157. The number of ketones is 1. The van der Waals surface area contributed by atoms with Crippen molar-refractivity contribution in [2.75, 3.05) is 6.54 Å². The minimum Gasteiger partial charge on any atom is -0.387 e. The molecule has 0 bridgehead atoms. The summed E-state index contributed by atoms with van der Waals surface area (Å²) in [6.07, 6.45) is -1.09. The Labute approximate surface area is 170 Å². The van der Waals surface area contributed by atoms with E-state index in [4.69, 9.17) is 0 Å². The molecule has 0 aliphatic carbocycles. The third-order valence-corrected chi connectivity index (χ3v) is 4.47. The number of non-ortho nitro benzene ring substituents is 1. The number of carbonyl (C=O) groups excluding carboxylic acids is 2. The minimum atomic E-state index is -1.09. The predicted octanol–water partition coefficient (Wildman–Crippen LogP) is 3.43. The highest BCUT2D eigenvalue weighted by atomic mass is 19.1. The fourth-order valence-corrected chi connectivity index (χ4v) is 2.86. The Balaban J connectivity index is 1.72. The summed E-state index contributed by atoms with van der Waals surface area (Å²) >= 11 is 0. The molecule has 3 rings (SSSR count). The molecule has 1 amide bonds. The van der Waals surface area contributed by atoms with E-state index >= 15 is 0 Å². The Kier molecular flexibility index (Phi) is 6.29. The number of nitro groups is 1. The van der Waals surface area contributed by atoms with Gasteiger partial charge in [-0.2, -0.15) is 0 Å². The molecule has 0 saturated heterocycles. The SMILES string of the molecule is O=C(NC[C@@H](O)c1ccc([N+](=O)[O-])cc1)c1ccccc1C(=O)c1ccc(F)cc1. The molecule has 3 aromatic rings. The summed E-state index contributed by atoms with van der Waals surface area (Å²) in [5.74, 6) is -1.48. The summed E-state index contributed by atoms with van der Waals surface area (Å²) in [4.78, 5) is 35.5. The molecular formula is C22H17FN2O5. The van der Waals surface area contributed by atoms with Crippen LogP contribution >= 0.6 is 0 Å². The Bertz CT molecular complexity index is 1080. The topological polar surface area (TPSA) is 110 Å². The van der Waals surface area contributed by atoms with Crippen LogP contribution in [-0.4, -0.2) is 28.3 Å². The van der Waals surface area contributed by atoms with Crippen LogP contribution in [0.15, 0.2) is 72.8 Å². The van der Waals surface area contributed by atoms with Gasteiger partial charge in [-0.3, -0.25) is 19.7 Å². The van der Waals surface area contributed by atoms with Crippen LogP contribution in [0.5, 0.6) is 0 Å². The lowest BCUT2D eigenvalue weighted by atomic mass is 9.98. The quantitative estimate of drug-likeness (QED) is 0.354. The summed E-state index contributed by atoms with van der Waals surface area (Å²) in [5, 5.41) is 23.5. The molecule has 2 N–H and O–H groups in total.